The van der Waals surface area contributed by atoms with E-state index in [9.17, 15) is 4.39 Å². The molecule has 1 aromatic heterocycles. The summed E-state index contributed by atoms with van der Waals surface area (Å²) in [5.41, 5.74) is 7.96. The Balaban J connectivity index is 1.19. The first-order valence-corrected chi connectivity index (χ1v) is 12.2. The fourth-order valence-electron chi connectivity index (χ4n) is 5.44. The quantitative estimate of drug-likeness (QED) is 0.661. The standard InChI is InChI=1S/C27H31FN6/c1-18(2)20-16-32(17-20)26-10-4-8-22(30-26)24-15-29-25-11-12-27(31-34(24)25)33-13-5-9-23(33)19-6-3-7-21(28)14-19/h3-4,6-8,10-12,14-15,20,23,25,27,29,31H,1,5,9,13,16-17H2,2H3/t23-,25?,27?/m1/s1. The van der Waals surface area contributed by atoms with Gasteiger partial charge in [-0.05, 0) is 55.7 Å². The summed E-state index contributed by atoms with van der Waals surface area (Å²) in [6.07, 6.45) is 8.66. The summed E-state index contributed by atoms with van der Waals surface area (Å²) in [6.45, 7) is 9.13. The Morgan fingerprint density at radius 1 is 1.12 bits per heavy atom. The molecule has 4 aliphatic heterocycles. The lowest BCUT2D eigenvalue weighted by atomic mass is 9.93. The number of benzene rings is 1. The number of likely N-dealkylation sites (tertiary alicyclic amines) is 1. The molecule has 0 bridgehead atoms. The van der Waals surface area contributed by atoms with Gasteiger partial charge in [0, 0.05) is 37.8 Å². The molecule has 1 aromatic carbocycles. The first kappa shape index (κ1) is 21.4. The molecule has 2 aromatic rings. The van der Waals surface area contributed by atoms with Crippen molar-refractivity contribution in [3.05, 3.63) is 90.0 Å². The van der Waals surface area contributed by atoms with Gasteiger partial charge in [-0.25, -0.2) is 14.8 Å². The SMILES string of the molecule is C=C(C)C1CN(c2cccc(C3=CNC4C=CC(N5CCC[C@@H]5c5cccc(F)c5)NN34)n2)C1. The summed E-state index contributed by atoms with van der Waals surface area (Å²) in [5.74, 6) is 1.39. The van der Waals surface area contributed by atoms with Crippen LogP contribution in [0.25, 0.3) is 5.70 Å². The molecular weight excluding hydrogens is 427 g/mol. The van der Waals surface area contributed by atoms with Gasteiger partial charge in [0.05, 0.1) is 17.6 Å². The highest BCUT2D eigenvalue weighted by Gasteiger charge is 2.37. The van der Waals surface area contributed by atoms with Crippen molar-refractivity contribution in [1.82, 2.24) is 25.6 Å². The van der Waals surface area contributed by atoms with Crippen LogP contribution in [0.4, 0.5) is 10.2 Å². The second kappa shape index (κ2) is 8.56. The fourth-order valence-corrected chi connectivity index (χ4v) is 5.44. The van der Waals surface area contributed by atoms with Gasteiger partial charge in [-0.3, -0.25) is 9.91 Å². The molecule has 2 unspecified atom stereocenters. The number of pyridine rings is 1. The minimum Gasteiger partial charge on any atom is -0.365 e. The number of halogens is 1. The van der Waals surface area contributed by atoms with E-state index < -0.39 is 0 Å². The van der Waals surface area contributed by atoms with Crippen molar-refractivity contribution in [3.63, 3.8) is 0 Å². The van der Waals surface area contributed by atoms with Gasteiger partial charge in [0.2, 0.25) is 0 Å². The fraction of sp³-hybridized carbons (Fsp3) is 0.370. The van der Waals surface area contributed by atoms with E-state index in [1.54, 1.807) is 6.07 Å². The Kier molecular flexibility index (Phi) is 5.38. The number of aromatic nitrogens is 1. The number of fused-ring (bicyclic) bond motifs is 1. The van der Waals surface area contributed by atoms with Crippen LogP contribution in [-0.4, -0.2) is 46.9 Å². The van der Waals surface area contributed by atoms with Gasteiger partial charge in [0.15, 0.2) is 0 Å². The maximum absolute atomic E-state index is 13.9. The van der Waals surface area contributed by atoms with E-state index >= 15 is 0 Å². The maximum atomic E-state index is 13.9. The van der Waals surface area contributed by atoms with Gasteiger partial charge < -0.3 is 10.2 Å². The van der Waals surface area contributed by atoms with E-state index in [-0.39, 0.29) is 24.2 Å². The molecule has 2 fully saturated rings. The number of hydrazine groups is 1. The highest BCUT2D eigenvalue weighted by atomic mass is 19.1. The average molecular weight is 459 g/mol. The minimum absolute atomic E-state index is 0.0326. The zero-order valence-electron chi connectivity index (χ0n) is 19.5. The van der Waals surface area contributed by atoms with Crippen LogP contribution in [0, 0.1) is 11.7 Å². The summed E-state index contributed by atoms with van der Waals surface area (Å²) >= 11 is 0. The second-order valence-corrected chi connectivity index (χ2v) is 9.75. The van der Waals surface area contributed by atoms with Crippen LogP contribution >= 0.6 is 0 Å². The van der Waals surface area contributed by atoms with Crippen molar-refractivity contribution < 1.29 is 4.39 Å². The minimum atomic E-state index is -0.173. The van der Waals surface area contributed by atoms with Crippen LogP contribution < -0.4 is 15.6 Å². The zero-order chi connectivity index (χ0) is 23.2. The van der Waals surface area contributed by atoms with Gasteiger partial charge in [-0.2, -0.15) is 0 Å². The lowest BCUT2D eigenvalue weighted by Crippen LogP contribution is -2.57. The number of nitrogens with one attached hydrogen (secondary N) is 2. The van der Waals surface area contributed by atoms with Crippen molar-refractivity contribution in [3.8, 4) is 0 Å². The predicted molar refractivity (Wildman–Crippen MR) is 133 cm³/mol. The zero-order valence-corrected chi connectivity index (χ0v) is 19.5. The van der Waals surface area contributed by atoms with Crippen molar-refractivity contribution in [2.45, 2.75) is 38.1 Å². The van der Waals surface area contributed by atoms with Crippen molar-refractivity contribution in [1.29, 1.82) is 0 Å². The summed E-state index contributed by atoms with van der Waals surface area (Å²) in [5, 5.41) is 5.62. The van der Waals surface area contributed by atoms with Crippen LogP contribution in [0.1, 0.15) is 37.1 Å². The average Bonchev–Trinajstić information content (AvgIpc) is 3.45. The van der Waals surface area contributed by atoms with Gasteiger partial charge >= 0.3 is 0 Å². The van der Waals surface area contributed by atoms with Gasteiger partial charge in [-0.1, -0.05) is 36.4 Å². The smallest absolute Gasteiger partial charge is 0.133 e. The number of hydrogen-bond donors (Lipinski definition) is 2. The van der Waals surface area contributed by atoms with Crippen LogP contribution in [0.3, 0.4) is 0 Å². The van der Waals surface area contributed by atoms with Crippen molar-refractivity contribution in [2.24, 2.45) is 5.92 Å². The molecule has 0 spiro atoms. The highest BCUT2D eigenvalue weighted by Crippen LogP contribution is 2.36. The summed E-state index contributed by atoms with van der Waals surface area (Å²) in [4.78, 5) is 9.72. The van der Waals surface area contributed by atoms with E-state index in [1.165, 1.54) is 11.6 Å². The molecule has 0 amide bonds. The van der Waals surface area contributed by atoms with Crippen LogP contribution in [-0.2, 0) is 0 Å². The van der Waals surface area contributed by atoms with Crippen molar-refractivity contribution in [2.75, 3.05) is 24.5 Å². The Bertz CT molecular complexity index is 1150. The second-order valence-electron chi connectivity index (χ2n) is 9.75. The lowest BCUT2D eigenvalue weighted by Gasteiger charge is -2.41. The topological polar surface area (TPSA) is 46.7 Å². The third-order valence-corrected chi connectivity index (χ3v) is 7.46. The van der Waals surface area contributed by atoms with Crippen molar-refractivity contribution >= 4 is 11.5 Å². The molecule has 5 heterocycles. The van der Waals surface area contributed by atoms with Gasteiger partial charge in [-0.15, -0.1) is 0 Å². The summed E-state index contributed by atoms with van der Waals surface area (Å²) in [7, 11) is 0. The first-order valence-electron chi connectivity index (χ1n) is 12.2. The molecule has 6 nitrogen and oxygen atoms in total. The number of nitrogens with zero attached hydrogens (tertiary/aromatic N) is 4. The molecule has 2 N–H and O–H groups in total. The normalized spacial score (nSPS) is 26.8. The molecule has 0 radical (unpaired) electrons. The molecular formula is C27H31FN6. The highest BCUT2D eigenvalue weighted by molar-refractivity contribution is 5.65. The monoisotopic (exact) mass is 458 g/mol. The van der Waals surface area contributed by atoms with Crippen LogP contribution in [0.15, 0.2) is 73.0 Å². The molecule has 2 saturated heterocycles. The third-order valence-electron chi connectivity index (χ3n) is 7.46. The Morgan fingerprint density at radius 3 is 2.76 bits per heavy atom. The molecule has 7 heteroatoms. The predicted octanol–water partition coefficient (Wildman–Crippen LogP) is 4.00. The maximum Gasteiger partial charge on any atom is 0.133 e. The van der Waals surface area contributed by atoms with E-state index in [4.69, 9.17) is 4.98 Å². The number of anilines is 1. The first-order chi connectivity index (χ1) is 16.6. The largest absolute Gasteiger partial charge is 0.365 e. The Morgan fingerprint density at radius 2 is 1.94 bits per heavy atom. The van der Waals surface area contributed by atoms with Gasteiger partial charge in [0.25, 0.3) is 0 Å². The lowest BCUT2D eigenvalue weighted by molar-refractivity contribution is 0.0939. The molecule has 34 heavy (non-hydrogen) atoms. The molecule has 176 valence electrons. The molecule has 4 aliphatic rings. The summed E-state index contributed by atoms with van der Waals surface area (Å²) in [6, 6.07) is 13.5. The van der Waals surface area contributed by atoms with E-state index in [0.29, 0.717) is 5.92 Å². The summed E-state index contributed by atoms with van der Waals surface area (Å²) < 4.78 is 13.9. The number of rotatable bonds is 5. The van der Waals surface area contributed by atoms with E-state index in [1.807, 2.05) is 18.3 Å². The Labute approximate surface area is 200 Å². The Hall–Kier alpha value is -3.16. The third kappa shape index (κ3) is 3.79. The number of hydrogen-bond acceptors (Lipinski definition) is 6. The van der Waals surface area contributed by atoms with Crippen LogP contribution in [0.5, 0.6) is 0 Å². The molecule has 3 atom stereocenters. The molecule has 0 aliphatic carbocycles. The molecule has 6 rings (SSSR count). The van der Waals surface area contributed by atoms with Crippen LogP contribution in [0.2, 0.25) is 0 Å². The van der Waals surface area contributed by atoms with Gasteiger partial charge in [0.1, 0.15) is 17.8 Å². The van der Waals surface area contributed by atoms with E-state index in [0.717, 1.165) is 55.2 Å². The van der Waals surface area contributed by atoms with E-state index in [2.05, 4.69) is 69.4 Å². The molecule has 0 saturated carbocycles.